The van der Waals surface area contributed by atoms with E-state index in [0.717, 1.165) is 27.4 Å². The lowest BCUT2D eigenvalue weighted by molar-refractivity contribution is -0.117. The predicted molar refractivity (Wildman–Crippen MR) is 127 cm³/mol. The summed E-state index contributed by atoms with van der Waals surface area (Å²) in [6, 6.07) is 23.4. The van der Waals surface area contributed by atoms with Gasteiger partial charge in [0.15, 0.2) is 5.13 Å². The lowest BCUT2D eigenvalue weighted by atomic mass is 10.1. The van der Waals surface area contributed by atoms with Crippen molar-refractivity contribution in [2.45, 2.75) is 20.3 Å². The molecule has 0 aliphatic rings. The summed E-state index contributed by atoms with van der Waals surface area (Å²) in [5, 5.41) is 0.442. The Morgan fingerprint density at radius 1 is 1.00 bits per heavy atom. The number of ether oxygens (including phenoxy) is 1. The van der Waals surface area contributed by atoms with E-state index < -0.39 is 5.82 Å². The lowest BCUT2D eigenvalue weighted by Gasteiger charge is -2.20. The van der Waals surface area contributed by atoms with Gasteiger partial charge in [-0.3, -0.25) is 9.69 Å². The molecule has 1 amide bonds. The van der Waals surface area contributed by atoms with Gasteiger partial charge in [-0.25, -0.2) is 9.37 Å². The van der Waals surface area contributed by atoms with Crippen LogP contribution in [0.5, 0.6) is 5.75 Å². The van der Waals surface area contributed by atoms with Crippen molar-refractivity contribution in [2.24, 2.45) is 0 Å². The van der Waals surface area contributed by atoms with Crippen molar-refractivity contribution in [1.29, 1.82) is 0 Å². The fraction of sp³-hybridized carbons (Fsp3) is 0.154. The van der Waals surface area contributed by atoms with Crippen LogP contribution in [0.3, 0.4) is 0 Å². The Labute approximate surface area is 190 Å². The van der Waals surface area contributed by atoms with Crippen molar-refractivity contribution in [3.05, 3.63) is 95.1 Å². The van der Waals surface area contributed by atoms with E-state index in [1.165, 1.54) is 22.3 Å². The molecule has 0 N–H and O–H groups in total. The lowest BCUT2D eigenvalue weighted by Crippen LogP contribution is -2.28. The summed E-state index contributed by atoms with van der Waals surface area (Å²) in [7, 11) is 0. The third-order valence-electron chi connectivity index (χ3n) is 4.96. The quantitative estimate of drug-likeness (QED) is 0.323. The van der Waals surface area contributed by atoms with Crippen LogP contribution in [0.25, 0.3) is 11.3 Å². The first-order valence-electron chi connectivity index (χ1n) is 10.4. The molecular weight excluding hydrogens is 423 g/mol. The van der Waals surface area contributed by atoms with E-state index in [1.54, 1.807) is 18.2 Å². The second-order valence-corrected chi connectivity index (χ2v) is 8.38. The van der Waals surface area contributed by atoms with Crippen LogP contribution < -0.4 is 9.64 Å². The maximum Gasteiger partial charge on any atom is 0.237 e. The van der Waals surface area contributed by atoms with E-state index in [4.69, 9.17) is 9.72 Å². The first kappa shape index (κ1) is 21.7. The van der Waals surface area contributed by atoms with Crippen LogP contribution in [0, 0.1) is 12.7 Å². The summed E-state index contributed by atoms with van der Waals surface area (Å²) in [4.78, 5) is 20.4. The maximum absolute atomic E-state index is 14.7. The van der Waals surface area contributed by atoms with Gasteiger partial charge in [-0.1, -0.05) is 42.5 Å². The summed E-state index contributed by atoms with van der Waals surface area (Å²) in [5.41, 5.74) is 2.73. The van der Waals surface area contributed by atoms with Crippen LogP contribution in [-0.2, 0) is 11.2 Å². The van der Waals surface area contributed by atoms with Gasteiger partial charge in [0.1, 0.15) is 11.6 Å². The average molecular weight is 447 g/mol. The van der Waals surface area contributed by atoms with E-state index in [2.05, 4.69) is 0 Å². The summed E-state index contributed by atoms with van der Waals surface area (Å²) in [6.45, 7) is 4.49. The van der Waals surface area contributed by atoms with Crippen molar-refractivity contribution in [1.82, 2.24) is 4.98 Å². The van der Waals surface area contributed by atoms with E-state index in [1.807, 2.05) is 68.4 Å². The number of nitrogens with zero attached hydrogens (tertiary/aromatic N) is 2. The van der Waals surface area contributed by atoms with Gasteiger partial charge in [-0.2, -0.15) is 0 Å². The van der Waals surface area contributed by atoms with Crippen molar-refractivity contribution >= 4 is 28.1 Å². The molecule has 1 aromatic heterocycles. The fourth-order valence-corrected chi connectivity index (χ4v) is 4.41. The molecule has 162 valence electrons. The van der Waals surface area contributed by atoms with Crippen LogP contribution >= 0.6 is 11.3 Å². The molecule has 6 heteroatoms. The zero-order valence-electron chi connectivity index (χ0n) is 17.9. The van der Waals surface area contributed by atoms with Crippen molar-refractivity contribution in [2.75, 3.05) is 11.5 Å². The van der Waals surface area contributed by atoms with Crippen LogP contribution in [0.2, 0.25) is 0 Å². The van der Waals surface area contributed by atoms with Crippen LogP contribution in [0.15, 0.2) is 78.9 Å². The zero-order chi connectivity index (χ0) is 22.5. The van der Waals surface area contributed by atoms with Crippen LogP contribution in [0.4, 0.5) is 15.2 Å². The van der Waals surface area contributed by atoms with Gasteiger partial charge in [0.2, 0.25) is 5.91 Å². The maximum atomic E-state index is 14.7. The van der Waals surface area contributed by atoms with Gasteiger partial charge in [0.05, 0.1) is 24.4 Å². The number of hydrogen-bond donors (Lipinski definition) is 0. The van der Waals surface area contributed by atoms with Gasteiger partial charge in [0, 0.05) is 10.4 Å². The standard InChI is InChI=1S/C26H23FN2O2S/c1-3-31-21-15-13-20(14-16-21)25-18(2)32-26(28-25)29(23-12-8-7-11-22(23)27)24(30)17-19-9-5-4-6-10-19/h4-16H,3,17H2,1-2H3. The van der Waals surface area contributed by atoms with E-state index in [0.29, 0.717) is 11.7 Å². The van der Waals surface area contributed by atoms with Crippen LogP contribution in [0.1, 0.15) is 17.4 Å². The van der Waals surface area contributed by atoms with Gasteiger partial charge < -0.3 is 4.74 Å². The van der Waals surface area contributed by atoms with Crippen molar-refractivity contribution < 1.29 is 13.9 Å². The van der Waals surface area contributed by atoms with Crippen molar-refractivity contribution in [3.8, 4) is 17.0 Å². The largest absolute Gasteiger partial charge is 0.494 e. The molecule has 0 spiro atoms. The Hall–Kier alpha value is -3.51. The molecule has 0 aliphatic heterocycles. The number of para-hydroxylation sites is 1. The summed E-state index contributed by atoms with van der Waals surface area (Å²) in [6.07, 6.45) is 0.145. The molecule has 0 saturated heterocycles. The van der Waals surface area contributed by atoms with Gasteiger partial charge in [-0.05, 0) is 55.8 Å². The Kier molecular flexibility index (Phi) is 6.61. The minimum atomic E-state index is -0.468. The molecule has 0 bridgehead atoms. The normalized spacial score (nSPS) is 10.7. The minimum Gasteiger partial charge on any atom is -0.494 e. The predicted octanol–water partition coefficient (Wildman–Crippen LogP) is 6.56. The molecule has 3 aromatic carbocycles. The van der Waals surface area contributed by atoms with Gasteiger partial charge in [-0.15, -0.1) is 11.3 Å². The Bertz CT molecular complexity index is 1210. The first-order chi connectivity index (χ1) is 15.6. The van der Waals surface area contributed by atoms with Gasteiger partial charge in [0.25, 0.3) is 0 Å². The second kappa shape index (κ2) is 9.75. The molecule has 4 nitrogen and oxygen atoms in total. The minimum absolute atomic E-state index is 0.145. The number of aryl methyl sites for hydroxylation is 1. The number of halogens is 1. The highest BCUT2D eigenvalue weighted by Gasteiger charge is 2.25. The molecule has 0 fully saturated rings. The molecule has 4 rings (SSSR count). The summed E-state index contributed by atoms with van der Waals surface area (Å²) in [5.74, 6) is 0.0769. The summed E-state index contributed by atoms with van der Waals surface area (Å²) < 4.78 is 20.3. The average Bonchev–Trinajstić information content (AvgIpc) is 3.18. The number of anilines is 2. The smallest absolute Gasteiger partial charge is 0.237 e. The topological polar surface area (TPSA) is 42.4 Å². The Balaban J connectivity index is 1.72. The Morgan fingerprint density at radius 3 is 2.38 bits per heavy atom. The second-order valence-electron chi connectivity index (χ2n) is 7.20. The van der Waals surface area contributed by atoms with Gasteiger partial charge >= 0.3 is 0 Å². The number of benzene rings is 3. The summed E-state index contributed by atoms with van der Waals surface area (Å²) >= 11 is 1.37. The molecule has 0 unspecified atom stereocenters. The van der Waals surface area contributed by atoms with Crippen LogP contribution in [-0.4, -0.2) is 17.5 Å². The zero-order valence-corrected chi connectivity index (χ0v) is 18.7. The monoisotopic (exact) mass is 446 g/mol. The SMILES string of the molecule is CCOc1ccc(-c2nc(N(C(=O)Cc3ccccc3)c3ccccc3F)sc2C)cc1. The third kappa shape index (κ3) is 4.70. The number of carbonyl (C=O) groups excluding carboxylic acids is 1. The number of hydrogen-bond acceptors (Lipinski definition) is 4. The molecule has 0 radical (unpaired) electrons. The molecule has 4 aromatic rings. The molecule has 32 heavy (non-hydrogen) atoms. The number of aromatic nitrogens is 1. The number of rotatable bonds is 7. The highest BCUT2D eigenvalue weighted by molar-refractivity contribution is 7.16. The third-order valence-corrected chi connectivity index (χ3v) is 5.91. The number of thiazole rings is 1. The number of carbonyl (C=O) groups is 1. The molecule has 1 heterocycles. The highest BCUT2D eigenvalue weighted by Crippen LogP contribution is 2.37. The first-order valence-corrected chi connectivity index (χ1v) is 11.2. The molecule has 0 aliphatic carbocycles. The van der Waals surface area contributed by atoms with E-state index >= 15 is 0 Å². The van der Waals surface area contributed by atoms with E-state index in [-0.39, 0.29) is 18.0 Å². The molecular formula is C26H23FN2O2S. The van der Waals surface area contributed by atoms with E-state index in [9.17, 15) is 9.18 Å². The Morgan fingerprint density at radius 2 is 1.69 bits per heavy atom. The molecule has 0 atom stereocenters. The molecule has 0 saturated carbocycles. The van der Waals surface area contributed by atoms with Crippen molar-refractivity contribution in [3.63, 3.8) is 0 Å². The highest BCUT2D eigenvalue weighted by atomic mass is 32.1. The fourth-order valence-electron chi connectivity index (χ4n) is 3.45. The number of amides is 1.